The predicted molar refractivity (Wildman–Crippen MR) is 54.3 cm³/mol. The standard InChI is InChI=1S/C12H13FO2/c1-7-2-5-11(13)10-6-8(12(14)15)3-4-9(7)10/h2,5,8H,3-4,6H2,1H3,(H,14,15). The van der Waals surface area contributed by atoms with Crippen molar-refractivity contribution in [3.05, 3.63) is 34.6 Å². The summed E-state index contributed by atoms with van der Waals surface area (Å²) in [5.41, 5.74) is 2.68. The van der Waals surface area contributed by atoms with Crippen LogP contribution in [0.3, 0.4) is 0 Å². The normalized spacial score (nSPS) is 19.7. The molecule has 15 heavy (non-hydrogen) atoms. The topological polar surface area (TPSA) is 37.3 Å². The lowest BCUT2D eigenvalue weighted by Gasteiger charge is -2.23. The Kier molecular flexibility index (Phi) is 2.47. The lowest BCUT2D eigenvalue weighted by molar-refractivity contribution is -0.142. The number of aryl methyl sites for hydroxylation is 1. The Morgan fingerprint density at radius 2 is 2.20 bits per heavy atom. The first-order chi connectivity index (χ1) is 7.09. The van der Waals surface area contributed by atoms with Crippen LogP contribution in [0.25, 0.3) is 0 Å². The van der Waals surface area contributed by atoms with Crippen LogP contribution in [0.2, 0.25) is 0 Å². The lowest BCUT2D eigenvalue weighted by atomic mass is 9.82. The van der Waals surface area contributed by atoms with Crippen LogP contribution in [-0.4, -0.2) is 11.1 Å². The van der Waals surface area contributed by atoms with Gasteiger partial charge in [0.25, 0.3) is 0 Å². The number of carboxylic acids is 1. The molecule has 1 aromatic carbocycles. The Morgan fingerprint density at radius 3 is 2.87 bits per heavy atom. The molecule has 1 unspecified atom stereocenters. The molecule has 0 saturated heterocycles. The Labute approximate surface area is 87.7 Å². The molecule has 1 aromatic rings. The number of hydrogen-bond acceptors (Lipinski definition) is 1. The summed E-state index contributed by atoms with van der Waals surface area (Å²) in [6, 6.07) is 3.19. The Balaban J connectivity index is 2.41. The predicted octanol–water partition coefficient (Wildman–Crippen LogP) is 2.32. The van der Waals surface area contributed by atoms with E-state index in [1.165, 1.54) is 6.07 Å². The molecule has 0 saturated carbocycles. The average molecular weight is 208 g/mol. The van der Waals surface area contributed by atoms with Gasteiger partial charge < -0.3 is 5.11 Å². The van der Waals surface area contributed by atoms with Crippen molar-refractivity contribution in [1.29, 1.82) is 0 Å². The quantitative estimate of drug-likeness (QED) is 0.769. The zero-order valence-electron chi connectivity index (χ0n) is 8.59. The molecular weight excluding hydrogens is 195 g/mol. The van der Waals surface area contributed by atoms with Crippen LogP contribution in [0.15, 0.2) is 12.1 Å². The second kappa shape index (κ2) is 3.65. The van der Waals surface area contributed by atoms with E-state index in [0.29, 0.717) is 24.8 Å². The molecule has 0 aromatic heterocycles. The molecule has 0 spiro atoms. The van der Waals surface area contributed by atoms with Crippen LogP contribution >= 0.6 is 0 Å². The number of fused-ring (bicyclic) bond motifs is 1. The van der Waals surface area contributed by atoms with Gasteiger partial charge in [-0.2, -0.15) is 0 Å². The first-order valence-corrected chi connectivity index (χ1v) is 5.09. The van der Waals surface area contributed by atoms with Gasteiger partial charge in [0.2, 0.25) is 0 Å². The molecule has 1 aliphatic carbocycles. The maximum atomic E-state index is 13.5. The van der Waals surface area contributed by atoms with Gasteiger partial charge in [-0.15, -0.1) is 0 Å². The molecule has 80 valence electrons. The minimum Gasteiger partial charge on any atom is -0.481 e. The van der Waals surface area contributed by atoms with E-state index in [0.717, 1.165) is 11.1 Å². The number of carbonyl (C=O) groups is 1. The van der Waals surface area contributed by atoms with Crippen LogP contribution in [0.1, 0.15) is 23.1 Å². The van der Waals surface area contributed by atoms with Crippen molar-refractivity contribution in [2.75, 3.05) is 0 Å². The van der Waals surface area contributed by atoms with Crippen molar-refractivity contribution in [2.24, 2.45) is 5.92 Å². The Morgan fingerprint density at radius 1 is 1.47 bits per heavy atom. The molecular formula is C12H13FO2. The van der Waals surface area contributed by atoms with Crippen LogP contribution in [0.4, 0.5) is 4.39 Å². The highest BCUT2D eigenvalue weighted by atomic mass is 19.1. The number of benzene rings is 1. The molecule has 0 radical (unpaired) electrons. The van der Waals surface area contributed by atoms with E-state index in [-0.39, 0.29) is 5.82 Å². The smallest absolute Gasteiger partial charge is 0.306 e. The summed E-state index contributed by atoms with van der Waals surface area (Å²) in [6.07, 6.45) is 1.63. The van der Waals surface area contributed by atoms with E-state index in [9.17, 15) is 9.18 Å². The molecule has 2 nitrogen and oxygen atoms in total. The molecule has 2 rings (SSSR count). The zero-order chi connectivity index (χ0) is 11.0. The summed E-state index contributed by atoms with van der Waals surface area (Å²) >= 11 is 0. The van der Waals surface area contributed by atoms with Gasteiger partial charge in [-0.05, 0) is 48.9 Å². The third-order valence-electron chi connectivity index (χ3n) is 3.15. The van der Waals surface area contributed by atoms with Crippen molar-refractivity contribution >= 4 is 5.97 Å². The summed E-state index contributed by atoms with van der Waals surface area (Å²) in [7, 11) is 0. The lowest BCUT2D eigenvalue weighted by Crippen LogP contribution is -2.23. The highest BCUT2D eigenvalue weighted by molar-refractivity contribution is 5.71. The first kappa shape index (κ1) is 10.1. The number of aliphatic carboxylic acids is 1. The van der Waals surface area contributed by atoms with E-state index >= 15 is 0 Å². The van der Waals surface area contributed by atoms with Gasteiger partial charge >= 0.3 is 5.97 Å². The van der Waals surface area contributed by atoms with E-state index in [1.54, 1.807) is 6.07 Å². The van der Waals surface area contributed by atoms with Gasteiger partial charge in [0.05, 0.1) is 5.92 Å². The molecule has 0 bridgehead atoms. The van der Waals surface area contributed by atoms with Crippen LogP contribution in [-0.2, 0) is 17.6 Å². The van der Waals surface area contributed by atoms with Crippen LogP contribution in [0.5, 0.6) is 0 Å². The molecule has 0 amide bonds. The van der Waals surface area contributed by atoms with Crippen LogP contribution in [0, 0.1) is 18.7 Å². The minimum atomic E-state index is -0.818. The second-order valence-corrected chi connectivity index (χ2v) is 4.10. The van der Waals surface area contributed by atoms with Crippen molar-refractivity contribution in [1.82, 2.24) is 0 Å². The number of rotatable bonds is 1. The van der Waals surface area contributed by atoms with Crippen molar-refractivity contribution < 1.29 is 14.3 Å². The van der Waals surface area contributed by atoms with Gasteiger partial charge in [-0.25, -0.2) is 4.39 Å². The molecule has 0 fully saturated rings. The van der Waals surface area contributed by atoms with Gasteiger partial charge in [0, 0.05) is 0 Å². The molecule has 1 N–H and O–H groups in total. The summed E-state index contributed by atoms with van der Waals surface area (Å²) in [5.74, 6) is -1.50. The van der Waals surface area contributed by atoms with Crippen molar-refractivity contribution in [3.8, 4) is 0 Å². The molecule has 1 atom stereocenters. The van der Waals surface area contributed by atoms with E-state index in [2.05, 4.69) is 0 Å². The van der Waals surface area contributed by atoms with E-state index in [1.807, 2.05) is 6.92 Å². The largest absolute Gasteiger partial charge is 0.481 e. The number of carboxylic acid groups (broad SMARTS) is 1. The van der Waals surface area contributed by atoms with Crippen LogP contribution < -0.4 is 0 Å². The van der Waals surface area contributed by atoms with E-state index in [4.69, 9.17) is 5.11 Å². The van der Waals surface area contributed by atoms with Crippen molar-refractivity contribution in [3.63, 3.8) is 0 Å². The zero-order valence-corrected chi connectivity index (χ0v) is 8.59. The fourth-order valence-electron chi connectivity index (χ4n) is 2.23. The fourth-order valence-corrected chi connectivity index (χ4v) is 2.23. The molecule has 0 heterocycles. The summed E-state index contributed by atoms with van der Waals surface area (Å²) in [6.45, 7) is 1.94. The maximum absolute atomic E-state index is 13.5. The molecule has 0 aliphatic heterocycles. The second-order valence-electron chi connectivity index (χ2n) is 4.10. The number of halogens is 1. The fraction of sp³-hybridized carbons (Fsp3) is 0.417. The third-order valence-corrected chi connectivity index (χ3v) is 3.15. The summed E-state index contributed by atoms with van der Waals surface area (Å²) < 4.78 is 13.5. The van der Waals surface area contributed by atoms with Crippen molar-refractivity contribution in [2.45, 2.75) is 26.2 Å². The first-order valence-electron chi connectivity index (χ1n) is 5.09. The molecule has 3 heteroatoms. The van der Waals surface area contributed by atoms with Gasteiger partial charge in [-0.1, -0.05) is 6.07 Å². The Hall–Kier alpha value is -1.38. The third kappa shape index (κ3) is 1.74. The van der Waals surface area contributed by atoms with Gasteiger partial charge in [0.1, 0.15) is 5.82 Å². The highest BCUT2D eigenvalue weighted by Gasteiger charge is 2.26. The van der Waals surface area contributed by atoms with E-state index < -0.39 is 11.9 Å². The minimum absolute atomic E-state index is 0.262. The molecule has 1 aliphatic rings. The highest BCUT2D eigenvalue weighted by Crippen LogP contribution is 2.29. The van der Waals surface area contributed by atoms with Gasteiger partial charge in [0.15, 0.2) is 0 Å². The average Bonchev–Trinajstić information content (AvgIpc) is 2.23. The monoisotopic (exact) mass is 208 g/mol. The number of hydrogen-bond donors (Lipinski definition) is 1. The SMILES string of the molecule is Cc1ccc(F)c2c1CCC(C(=O)O)C2. The maximum Gasteiger partial charge on any atom is 0.306 e. The van der Waals surface area contributed by atoms with Gasteiger partial charge in [-0.3, -0.25) is 4.79 Å². The summed E-state index contributed by atoms with van der Waals surface area (Å²) in [5, 5.41) is 8.90. The summed E-state index contributed by atoms with van der Waals surface area (Å²) in [4.78, 5) is 10.8. The Bertz CT molecular complexity index is 412.